The zero-order chi connectivity index (χ0) is 20.8. The van der Waals surface area contributed by atoms with Crippen molar-refractivity contribution in [3.05, 3.63) is 35.9 Å². The molecular formula is C25H40N4O. The summed E-state index contributed by atoms with van der Waals surface area (Å²) in [5, 5.41) is 3.36. The smallest absolute Gasteiger partial charge is 0.226 e. The SMILES string of the molecule is CNC1CCN(C(=O)[C@H]2CCCN(C3CCN(CCc4ccccc4)CC3)C2)CC1. The monoisotopic (exact) mass is 412 g/mol. The van der Waals surface area contributed by atoms with E-state index < -0.39 is 0 Å². The molecule has 0 bridgehead atoms. The Kier molecular flexibility index (Phi) is 7.80. The van der Waals surface area contributed by atoms with Crippen LogP contribution in [0.2, 0.25) is 0 Å². The minimum atomic E-state index is 0.223. The third kappa shape index (κ3) is 5.63. The normalized spacial score (nSPS) is 25.5. The predicted octanol–water partition coefficient (Wildman–Crippen LogP) is 2.62. The molecule has 0 radical (unpaired) electrons. The van der Waals surface area contributed by atoms with E-state index in [-0.39, 0.29) is 5.92 Å². The van der Waals surface area contributed by atoms with Crippen molar-refractivity contribution in [1.82, 2.24) is 20.0 Å². The fourth-order valence-electron chi connectivity index (χ4n) is 5.63. The summed E-state index contributed by atoms with van der Waals surface area (Å²) in [5.41, 5.74) is 1.44. The molecule has 3 fully saturated rings. The van der Waals surface area contributed by atoms with Gasteiger partial charge >= 0.3 is 0 Å². The number of piperidine rings is 3. The quantitative estimate of drug-likeness (QED) is 0.780. The zero-order valence-corrected chi connectivity index (χ0v) is 18.8. The Morgan fingerprint density at radius 3 is 2.40 bits per heavy atom. The summed E-state index contributed by atoms with van der Waals surface area (Å²) in [6, 6.07) is 12.1. The van der Waals surface area contributed by atoms with Gasteiger partial charge in [-0.1, -0.05) is 30.3 Å². The summed E-state index contributed by atoms with van der Waals surface area (Å²) >= 11 is 0. The largest absolute Gasteiger partial charge is 0.342 e. The Hall–Kier alpha value is -1.43. The Balaban J connectivity index is 1.21. The van der Waals surface area contributed by atoms with Gasteiger partial charge in [0.25, 0.3) is 0 Å². The van der Waals surface area contributed by atoms with Gasteiger partial charge in [0, 0.05) is 38.3 Å². The Bertz CT molecular complexity index is 650. The lowest BCUT2D eigenvalue weighted by atomic mass is 9.92. The molecule has 0 aliphatic carbocycles. The van der Waals surface area contributed by atoms with Gasteiger partial charge in [0.15, 0.2) is 0 Å². The molecule has 166 valence electrons. The van der Waals surface area contributed by atoms with Crippen LogP contribution in [0.1, 0.15) is 44.1 Å². The van der Waals surface area contributed by atoms with Gasteiger partial charge in [0.05, 0.1) is 5.92 Å². The zero-order valence-electron chi connectivity index (χ0n) is 18.8. The number of carbonyl (C=O) groups is 1. The average molecular weight is 413 g/mol. The lowest BCUT2D eigenvalue weighted by Gasteiger charge is -2.43. The summed E-state index contributed by atoms with van der Waals surface area (Å²) in [4.78, 5) is 20.5. The highest BCUT2D eigenvalue weighted by atomic mass is 16.2. The number of hydrogen-bond donors (Lipinski definition) is 1. The third-order valence-electron chi connectivity index (χ3n) is 7.65. The molecule has 5 nitrogen and oxygen atoms in total. The van der Waals surface area contributed by atoms with Crippen molar-refractivity contribution in [2.45, 2.75) is 57.0 Å². The van der Waals surface area contributed by atoms with Crippen LogP contribution in [-0.4, -0.2) is 85.6 Å². The Morgan fingerprint density at radius 1 is 0.967 bits per heavy atom. The standard InChI is InChI=1S/C25H40N4O/c1-26-23-10-18-28(19-11-23)25(30)22-8-5-14-29(20-22)24-12-16-27(17-13-24)15-9-21-6-3-2-4-7-21/h2-4,6-7,22-24,26H,5,8-20H2,1H3/t22-/m0/s1. The first kappa shape index (κ1) is 21.8. The minimum Gasteiger partial charge on any atom is -0.342 e. The topological polar surface area (TPSA) is 38.8 Å². The predicted molar refractivity (Wildman–Crippen MR) is 123 cm³/mol. The summed E-state index contributed by atoms with van der Waals surface area (Å²) in [6.45, 7) is 7.59. The highest BCUT2D eigenvalue weighted by Crippen LogP contribution is 2.26. The van der Waals surface area contributed by atoms with Crippen molar-refractivity contribution < 1.29 is 4.79 Å². The summed E-state index contributed by atoms with van der Waals surface area (Å²) in [5.74, 6) is 0.649. The van der Waals surface area contributed by atoms with E-state index in [0.717, 1.165) is 45.3 Å². The molecule has 30 heavy (non-hydrogen) atoms. The Morgan fingerprint density at radius 2 is 1.70 bits per heavy atom. The van der Waals surface area contributed by atoms with E-state index in [9.17, 15) is 4.79 Å². The number of benzene rings is 1. The fourth-order valence-corrected chi connectivity index (χ4v) is 5.63. The first-order chi connectivity index (χ1) is 14.7. The van der Waals surface area contributed by atoms with Crippen LogP contribution in [0, 0.1) is 5.92 Å². The van der Waals surface area contributed by atoms with Crippen LogP contribution in [0.5, 0.6) is 0 Å². The van der Waals surface area contributed by atoms with Gasteiger partial charge in [-0.3, -0.25) is 9.69 Å². The van der Waals surface area contributed by atoms with Crippen LogP contribution in [0.15, 0.2) is 30.3 Å². The van der Waals surface area contributed by atoms with E-state index in [1.165, 1.54) is 51.0 Å². The molecule has 1 amide bonds. The molecule has 1 aromatic rings. The van der Waals surface area contributed by atoms with Gasteiger partial charge < -0.3 is 15.1 Å². The summed E-state index contributed by atoms with van der Waals surface area (Å²) in [6.07, 6.45) is 8.11. The number of carbonyl (C=O) groups excluding carboxylic acids is 1. The van der Waals surface area contributed by atoms with Gasteiger partial charge in [0.1, 0.15) is 0 Å². The van der Waals surface area contributed by atoms with Gasteiger partial charge in [-0.2, -0.15) is 0 Å². The Labute approximate surface area is 182 Å². The maximum Gasteiger partial charge on any atom is 0.226 e. The number of hydrogen-bond acceptors (Lipinski definition) is 4. The second-order valence-electron chi connectivity index (χ2n) is 9.53. The van der Waals surface area contributed by atoms with Crippen molar-refractivity contribution in [2.24, 2.45) is 5.92 Å². The lowest BCUT2D eigenvalue weighted by Crippen LogP contribution is -2.52. The highest BCUT2D eigenvalue weighted by molar-refractivity contribution is 5.79. The summed E-state index contributed by atoms with van der Waals surface area (Å²) < 4.78 is 0. The van der Waals surface area contributed by atoms with E-state index >= 15 is 0 Å². The van der Waals surface area contributed by atoms with E-state index in [4.69, 9.17) is 0 Å². The highest BCUT2D eigenvalue weighted by Gasteiger charge is 2.34. The summed E-state index contributed by atoms with van der Waals surface area (Å²) in [7, 11) is 2.04. The van der Waals surface area contributed by atoms with E-state index in [2.05, 4.69) is 50.3 Å². The third-order valence-corrected chi connectivity index (χ3v) is 7.65. The molecule has 3 saturated heterocycles. The molecule has 4 rings (SSSR count). The molecule has 1 N–H and O–H groups in total. The van der Waals surface area contributed by atoms with Gasteiger partial charge in [-0.05, 0) is 77.2 Å². The molecule has 0 spiro atoms. The number of nitrogens with zero attached hydrogens (tertiary/aromatic N) is 3. The average Bonchev–Trinajstić information content (AvgIpc) is 2.83. The maximum atomic E-state index is 13.1. The number of rotatable bonds is 6. The molecule has 1 atom stereocenters. The maximum absolute atomic E-state index is 13.1. The number of amides is 1. The first-order valence-corrected chi connectivity index (χ1v) is 12.2. The van der Waals surface area contributed by atoms with Crippen molar-refractivity contribution >= 4 is 5.91 Å². The lowest BCUT2D eigenvalue weighted by molar-refractivity contribution is -0.139. The van der Waals surface area contributed by atoms with Crippen LogP contribution in [-0.2, 0) is 11.2 Å². The van der Waals surface area contributed by atoms with Crippen molar-refractivity contribution in [3.8, 4) is 0 Å². The van der Waals surface area contributed by atoms with Crippen molar-refractivity contribution in [3.63, 3.8) is 0 Å². The van der Waals surface area contributed by atoms with Gasteiger partial charge in [-0.15, -0.1) is 0 Å². The number of likely N-dealkylation sites (tertiary alicyclic amines) is 3. The van der Waals surface area contributed by atoms with Crippen molar-refractivity contribution in [1.29, 1.82) is 0 Å². The van der Waals surface area contributed by atoms with Crippen molar-refractivity contribution in [2.75, 3.05) is 52.9 Å². The molecule has 3 aliphatic rings. The van der Waals surface area contributed by atoms with Gasteiger partial charge in [0.2, 0.25) is 5.91 Å². The second kappa shape index (κ2) is 10.7. The van der Waals surface area contributed by atoms with E-state index in [1.807, 2.05) is 7.05 Å². The second-order valence-corrected chi connectivity index (χ2v) is 9.53. The molecule has 0 saturated carbocycles. The molecule has 0 unspecified atom stereocenters. The van der Waals surface area contributed by atoms with Crippen LogP contribution < -0.4 is 5.32 Å². The molecular weight excluding hydrogens is 372 g/mol. The van der Waals surface area contributed by atoms with E-state index in [1.54, 1.807) is 0 Å². The molecule has 3 heterocycles. The molecule has 1 aromatic carbocycles. The van der Waals surface area contributed by atoms with Crippen LogP contribution in [0.25, 0.3) is 0 Å². The van der Waals surface area contributed by atoms with Crippen LogP contribution in [0.4, 0.5) is 0 Å². The van der Waals surface area contributed by atoms with Gasteiger partial charge in [-0.25, -0.2) is 0 Å². The molecule has 0 aromatic heterocycles. The fraction of sp³-hybridized carbons (Fsp3) is 0.720. The molecule has 3 aliphatic heterocycles. The van der Waals surface area contributed by atoms with E-state index in [0.29, 0.717) is 18.0 Å². The molecule has 5 heteroatoms. The van der Waals surface area contributed by atoms with Crippen LogP contribution >= 0.6 is 0 Å². The minimum absolute atomic E-state index is 0.223. The number of nitrogens with one attached hydrogen (secondary N) is 1. The van der Waals surface area contributed by atoms with Crippen LogP contribution in [0.3, 0.4) is 0 Å². The first-order valence-electron chi connectivity index (χ1n) is 12.2.